The third-order valence-electron chi connectivity index (χ3n) is 4.33. The third-order valence-corrected chi connectivity index (χ3v) is 6.30. The van der Waals surface area contributed by atoms with Crippen LogP contribution in [0.25, 0.3) is 11.4 Å². The molecule has 0 saturated carbocycles. The van der Waals surface area contributed by atoms with Gasteiger partial charge in [-0.05, 0) is 42.3 Å². The molecule has 0 unspecified atom stereocenters. The minimum Gasteiger partial charge on any atom is -0.462 e. The van der Waals surface area contributed by atoms with Crippen molar-refractivity contribution in [3.05, 3.63) is 41.0 Å². The van der Waals surface area contributed by atoms with Gasteiger partial charge in [0.25, 0.3) is 0 Å². The number of esters is 1. The lowest BCUT2D eigenvalue weighted by Crippen LogP contribution is -2.17. The molecule has 1 amide bonds. The fraction of sp³-hybridized carbons (Fsp3) is 0.381. The Morgan fingerprint density at radius 1 is 1.26 bits per heavy atom. The number of anilines is 1. The van der Waals surface area contributed by atoms with Crippen molar-refractivity contribution >= 4 is 40.0 Å². The number of carbonyl (C=O) groups excluding carboxylic acids is 2. The van der Waals surface area contributed by atoms with Crippen LogP contribution in [0.4, 0.5) is 5.00 Å². The summed E-state index contributed by atoms with van der Waals surface area (Å²) in [5, 5.41) is 14.3. The molecule has 0 saturated heterocycles. The van der Waals surface area contributed by atoms with Gasteiger partial charge >= 0.3 is 5.97 Å². The van der Waals surface area contributed by atoms with Crippen LogP contribution in [0.2, 0.25) is 0 Å². The van der Waals surface area contributed by atoms with Crippen LogP contribution in [0.15, 0.2) is 35.1 Å². The van der Waals surface area contributed by atoms with Crippen molar-refractivity contribution in [2.75, 3.05) is 17.7 Å². The summed E-state index contributed by atoms with van der Waals surface area (Å²) >= 11 is 2.63. The van der Waals surface area contributed by atoms with E-state index in [9.17, 15) is 9.59 Å². The summed E-state index contributed by atoms with van der Waals surface area (Å²) in [5.74, 6) is 0.598. The number of nitrogens with one attached hydrogen (secondary N) is 1. The van der Waals surface area contributed by atoms with E-state index in [1.54, 1.807) is 19.3 Å². The normalized spacial score (nSPS) is 11.0. The summed E-state index contributed by atoms with van der Waals surface area (Å²) in [6.45, 7) is 6.22. The molecule has 0 bridgehead atoms. The van der Waals surface area contributed by atoms with Crippen LogP contribution >= 0.6 is 23.1 Å². The maximum atomic E-state index is 12.6. The Kier molecular flexibility index (Phi) is 7.80. The van der Waals surface area contributed by atoms with Gasteiger partial charge in [-0.3, -0.25) is 9.78 Å². The van der Waals surface area contributed by atoms with Crippen LogP contribution in [0.1, 0.15) is 36.7 Å². The van der Waals surface area contributed by atoms with E-state index in [0.717, 1.165) is 17.5 Å². The van der Waals surface area contributed by atoms with Gasteiger partial charge in [-0.1, -0.05) is 25.6 Å². The molecule has 3 rings (SSSR count). The summed E-state index contributed by atoms with van der Waals surface area (Å²) in [7, 11) is 1.85. The molecule has 0 spiro atoms. The molecule has 0 aliphatic carbocycles. The predicted octanol–water partition coefficient (Wildman–Crippen LogP) is 4.04. The van der Waals surface area contributed by atoms with Crippen molar-refractivity contribution in [1.29, 1.82) is 0 Å². The molecule has 0 fully saturated rings. The van der Waals surface area contributed by atoms with Crippen molar-refractivity contribution in [3.63, 3.8) is 0 Å². The number of aromatic nitrogens is 4. The fourth-order valence-corrected chi connectivity index (χ4v) is 4.68. The van der Waals surface area contributed by atoms with Crippen molar-refractivity contribution in [1.82, 2.24) is 19.7 Å². The molecule has 3 heterocycles. The standard InChI is InChI=1S/C21H25N5O3S2/c1-5-29-20(28)17-15(10-13(2)3)11-30-19(17)23-16(27)12-31-21-25-24-18(26(21)4)14-6-8-22-9-7-14/h6-9,11,13H,5,10,12H2,1-4H3,(H,23,27). The number of hydrogen-bond acceptors (Lipinski definition) is 8. The molecule has 8 nitrogen and oxygen atoms in total. The zero-order valence-corrected chi connectivity index (χ0v) is 19.5. The smallest absolute Gasteiger partial charge is 0.341 e. The summed E-state index contributed by atoms with van der Waals surface area (Å²) in [5.41, 5.74) is 2.26. The maximum absolute atomic E-state index is 12.6. The maximum Gasteiger partial charge on any atom is 0.341 e. The van der Waals surface area contributed by atoms with Crippen LogP contribution < -0.4 is 5.32 Å². The van der Waals surface area contributed by atoms with Gasteiger partial charge in [0, 0.05) is 25.0 Å². The fourth-order valence-electron chi connectivity index (χ4n) is 2.99. The van der Waals surface area contributed by atoms with E-state index in [-0.39, 0.29) is 18.3 Å². The lowest BCUT2D eigenvalue weighted by molar-refractivity contribution is -0.113. The van der Waals surface area contributed by atoms with Crippen molar-refractivity contribution in [2.45, 2.75) is 32.3 Å². The zero-order chi connectivity index (χ0) is 22.4. The first-order valence-corrected chi connectivity index (χ1v) is 11.8. The first-order chi connectivity index (χ1) is 14.9. The molecular weight excluding hydrogens is 434 g/mol. The van der Waals surface area contributed by atoms with E-state index in [1.165, 1.54) is 23.1 Å². The minimum absolute atomic E-state index is 0.141. The molecule has 0 aromatic carbocycles. The second-order valence-corrected chi connectivity index (χ2v) is 9.04. The van der Waals surface area contributed by atoms with Crippen molar-refractivity contribution in [3.8, 4) is 11.4 Å². The predicted molar refractivity (Wildman–Crippen MR) is 122 cm³/mol. The monoisotopic (exact) mass is 459 g/mol. The lowest BCUT2D eigenvalue weighted by atomic mass is 10.0. The van der Waals surface area contributed by atoms with Gasteiger partial charge in [-0.15, -0.1) is 21.5 Å². The molecule has 1 N–H and O–H groups in total. The lowest BCUT2D eigenvalue weighted by Gasteiger charge is -2.10. The molecule has 164 valence electrons. The number of thioether (sulfide) groups is 1. The first-order valence-electron chi connectivity index (χ1n) is 9.90. The zero-order valence-electron chi connectivity index (χ0n) is 17.9. The molecule has 3 aromatic heterocycles. The largest absolute Gasteiger partial charge is 0.462 e. The van der Waals surface area contributed by atoms with E-state index in [2.05, 4.69) is 34.3 Å². The SMILES string of the molecule is CCOC(=O)c1c(CC(C)C)csc1NC(=O)CSc1nnc(-c2ccncc2)n1C. The number of thiophene rings is 1. The first kappa shape index (κ1) is 23.0. The van der Waals surface area contributed by atoms with Crippen LogP contribution in [0.3, 0.4) is 0 Å². The van der Waals surface area contributed by atoms with Gasteiger partial charge < -0.3 is 14.6 Å². The number of rotatable bonds is 9. The minimum atomic E-state index is -0.405. The van der Waals surface area contributed by atoms with Crippen LogP contribution in [0, 0.1) is 5.92 Å². The van der Waals surface area contributed by atoms with E-state index >= 15 is 0 Å². The number of nitrogens with zero attached hydrogens (tertiary/aromatic N) is 4. The van der Waals surface area contributed by atoms with Gasteiger partial charge in [-0.2, -0.15) is 0 Å². The van der Waals surface area contributed by atoms with E-state index in [1.807, 2.05) is 29.1 Å². The molecule has 10 heteroatoms. The summed E-state index contributed by atoms with van der Waals surface area (Å²) in [6, 6.07) is 3.71. The Hall–Kier alpha value is -2.72. The highest BCUT2D eigenvalue weighted by Crippen LogP contribution is 2.31. The van der Waals surface area contributed by atoms with Crippen LogP contribution in [-0.4, -0.2) is 44.0 Å². The molecule has 0 radical (unpaired) electrons. The highest BCUT2D eigenvalue weighted by Gasteiger charge is 2.22. The van der Waals surface area contributed by atoms with E-state index in [4.69, 9.17) is 4.74 Å². The number of pyridine rings is 1. The number of amides is 1. The molecule has 0 atom stereocenters. The molecule has 0 aliphatic heterocycles. The van der Waals surface area contributed by atoms with Gasteiger partial charge in [0.05, 0.1) is 17.9 Å². The number of hydrogen-bond donors (Lipinski definition) is 1. The van der Waals surface area contributed by atoms with Gasteiger partial charge in [-0.25, -0.2) is 4.79 Å². The second-order valence-electron chi connectivity index (χ2n) is 7.22. The summed E-state index contributed by atoms with van der Waals surface area (Å²) < 4.78 is 7.04. The average Bonchev–Trinajstić information content (AvgIpc) is 3.30. The molecule has 3 aromatic rings. The molecular formula is C21H25N5O3S2. The van der Waals surface area contributed by atoms with Crippen molar-refractivity contribution in [2.24, 2.45) is 13.0 Å². The van der Waals surface area contributed by atoms with Crippen molar-refractivity contribution < 1.29 is 14.3 Å². The Bertz CT molecular complexity index is 1050. The second kappa shape index (κ2) is 10.5. The average molecular weight is 460 g/mol. The highest BCUT2D eigenvalue weighted by atomic mass is 32.2. The van der Waals surface area contributed by atoms with E-state index < -0.39 is 5.97 Å². The quantitative estimate of drug-likeness (QED) is 0.381. The van der Waals surface area contributed by atoms with E-state index in [0.29, 0.717) is 27.5 Å². The Balaban J connectivity index is 1.68. The van der Waals surface area contributed by atoms with Gasteiger partial charge in [0.15, 0.2) is 11.0 Å². The Morgan fingerprint density at radius 3 is 2.68 bits per heavy atom. The molecule has 31 heavy (non-hydrogen) atoms. The number of carbonyl (C=O) groups is 2. The Labute approximate surface area is 189 Å². The third kappa shape index (κ3) is 5.71. The Morgan fingerprint density at radius 2 is 2.00 bits per heavy atom. The van der Waals surface area contributed by atoms with Crippen LogP contribution in [-0.2, 0) is 23.0 Å². The highest BCUT2D eigenvalue weighted by molar-refractivity contribution is 7.99. The topological polar surface area (TPSA) is 99.0 Å². The molecule has 0 aliphatic rings. The number of ether oxygens (including phenoxy) is 1. The van der Waals surface area contributed by atoms with Crippen LogP contribution in [0.5, 0.6) is 0 Å². The van der Waals surface area contributed by atoms with Gasteiger partial charge in [0.1, 0.15) is 5.00 Å². The van der Waals surface area contributed by atoms with Gasteiger partial charge in [0.2, 0.25) is 5.91 Å². The summed E-state index contributed by atoms with van der Waals surface area (Å²) in [6.07, 6.45) is 4.13. The summed E-state index contributed by atoms with van der Waals surface area (Å²) in [4.78, 5) is 29.1.